The third-order valence-corrected chi connectivity index (χ3v) is 4.10. The van der Waals surface area contributed by atoms with Crippen molar-refractivity contribution in [3.63, 3.8) is 0 Å². The minimum atomic E-state index is -2.91. The maximum atomic E-state index is 11.2. The summed E-state index contributed by atoms with van der Waals surface area (Å²) in [6.45, 7) is 6.22. The number of ether oxygens (including phenoxy) is 1. The van der Waals surface area contributed by atoms with Crippen LogP contribution >= 0.6 is 0 Å². The molecule has 0 aromatic carbocycles. The molecule has 7 heteroatoms. The van der Waals surface area contributed by atoms with Gasteiger partial charge in [0.25, 0.3) is 0 Å². The Hall–Kier alpha value is -0.820. The van der Waals surface area contributed by atoms with Gasteiger partial charge in [-0.25, -0.2) is 8.42 Å². The number of nitrogens with one attached hydrogen (secondary N) is 2. The van der Waals surface area contributed by atoms with E-state index in [1.54, 1.807) is 0 Å². The Kier molecular flexibility index (Phi) is 7.29. The minimum absolute atomic E-state index is 0.0621. The zero-order valence-electron chi connectivity index (χ0n) is 12.7. The van der Waals surface area contributed by atoms with E-state index in [0.29, 0.717) is 13.0 Å². The Morgan fingerprint density at radius 2 is 2.25 bits per heavy atom. The highest BCUT2D eigenvalue weighted by atomic mass is 32.2. The summed E-state index contributed by atoms with van der Waals surface area (Å²) in [5, 5.41) is 6.40. The zero-order valence-corrected chi connectivity index (χ0v) is 13.5. The van der Waals surface area contributed by atoms with E-state index in [2.05, 4.69) is 15.6 Å². The minimum Gasteiger partial charge on any atom is -0.376 e. The molecule has 0 spiro atoms. The molecule has 0 bridgehead atoms. The summed E-state index contributed by atoms with van der Waals surface area (Å²) in [5.74, 6) is 0.913. The zero-order chi connectivity index (χ0) is 15.0. The lowest BCUT2D eigenvalue weighted by molar-refractivity contribution is 0.117. The molecular formula is C13H27N3O3S. The van der Waals surface area contributed by atoms with Crippen molar-refractivity contribution in [3.05, 3.63) is 0 Å². The lowest BCUT2D eigenvalue weighted by Gasteiger charge is -2.18. The molecule has 1 rings (SSSR count). The molecule has 0 aromatic rings. The fraction of sp³-hybridized carbons (Fsp3) is 0.923. The molecule has 0 radical (unpaired) electrons. The number of rotatable bonds is 7. The number of guanidine groups is 1. The first-order valence-corrected chi connectivity index (χ1v) is 9.31. The van der Waals surface area contributed by atoms with Crippen LogP contribution in [0.3, 0.4) is 0 Å². The van der Waals surface area contributed by atoms with E-state index in [4.69, 9.17) is 4.74 Å². The van der Waals surface area contributed by atoms with Crippen LogP contribution in [-0.4, -0.2) is 58.2 Å². The second-order valence-corrected chi connectivity index (χ2v) is 7.58. The number of nitrogens with zero attached hydrogens (tertiary/aromatic N) is 1. The number of hydrogen-bond acceptors (Lipinski definition) is 4. The van der Waals surface area contributed by atoms with Crippen LogP contribution in [0.2, 0.25) is 0 Å². The number of hydrogen-bond donors (Lipinski definition) is 2. The predicted molar refractivity (Wildman–Crippen MR) is 81.9 cm³/mol. The van der Waals surface area contributed by atoms with Gasteiger partial charge in [-0.15, -0.1) is 0 Å². The molecule has 0 amide bonds. The topological polar surface area (TPSA) is 79.8 Å². The normalized spacial score (nSPS) is 21.8. The van der Waals surface area contributed by atoms with Gasteiger partial charge in [0.15, 0.2) is 5.96 Å². The molecule has 20 heavy (non-hydrogen) atoms. The summed E-state index contributed by atoms with van der Waals surface area (Å²) in [6.07, 6.45) is 4.22. The van der Waals surface area contributed by atoms with Crippen molar-refractivity contribution in [2.75, 3.05) is 31.7 Å². The number of sulfone groups is 1. The maximum Gasteiger partial charge on any atom is 0.191 e. The Labute approximate surface area is 122 Å². The molecule has 1 fully saturated rings. The molecule has 2 unspecified atom stereocenters. The Bertz CT molecular complexity index is 403. The highest BCUT2D eigenvalue weighted by molar-refractivity contribution is 7.90. The van der Waals surface area contributed by atoms with Crippen LogP contribution in [0, 0.1) is 0 Å². The van der Waals surface area contributed by atoms with Crippen molar-refractivity contribution in [1.29, 1.82) is 0 Å². The summed E-state index contributed by atoms with van der Waals surface area (Å²) in [6, 6.07) is 0.0621. The van der Waals surface area contributed by atoms with E-state index in [1.165, 1.54) is 6.26 Å². The van der Waals surface area contributed by atoms with Crippen LogP contribution in [0.1, 0.15) is 33.1 Å². The van der Waals surface area contributed by atoms with Crippen LogP contribution in [0.4, 0.5) is 0 Å². The first-order valence-electron chi connectivity index (χ1n) is 7.25. The second kappa shape index (κ2) is 8.46. The molecule has 1 aliphatic rings. The third kappa shape index (κ3) is 7.69. The lowest BCUT2D eigenvalue weighted by Crippen LogP contribution is -2.43. The smallest absolute Gasteiger partial charge is 0.191 e. The standard InChI is InChI=1S/C13H27N3O3S/c1-4-14-13(15-10-12-6-5-8-19-12)16-11(2)7-9-20(3,17)18/h11-12H,4-10H2,1-3H3,(H2,14,15,16). The SMILES string of the molecule is CCNC(=NCC1CCCO1)NC(C)CCS(C)(=O)=O. The van der Waals surface area contributed by atoms with Gasteiger partial charge in [-0.1, -0.05) is 0 Å². The van der Waals surface area contributed by atoms with Crippen LogP contribution in [0.15, 0.2) is 4.99 Å². The summed E-state index contributed by atoms with van der Waals surface area (Å²) in [5.41, 5.74) is 0. The predicted octanol–water partition coefficient (Wildman–Crippen LogP) is 0.544. The van der Waals surface area contributed by atoms with Gasteiger partial charge >= 0.3 is 0 Å². The fourth-order valence-corrected chi connectivity index (χ4v) is 2.78. The largest absolute Gasteiger partial charge is 0.376 e. The van der Waals surface area contributed by atoms with E-state index < -0.39 is 9.84 Å². The van der Waals surface area contributed by atoms with E-state index in [0.717, 1.165) is 32.0 Å². The van der Waals surface area contributed by atoms with Crippen molar-refractivity contribution in [2.24, 2.45) is 4.99 Å². The van der Waals surface area contributed by atoms with Gasteiger partial charge in [-0.2, -0.15) is 0 Å². The van der Waals surface area contributed by atoms with Gasteiger partial charge in [-0.3, -0.25) is 4.99 Å². The molecule has 2 N–H and O–H groups in total. The van der Waals surface area contributed by atoms with E-state index >= 15 is 0 Å². The molecule has 1 aliphatic heterocycles. The van der Waals surface area contributed by atoms with E-state index in [-0.39, 0.29) is 17.9 Å². The van der Waals surface area contributed by atoms with Crippen LogP contribution in [0.25, 0.3) is 0 Å². The van der Waals surface area contributed by atoms with E-state index in [9.17, 15) is 8.42 Å². The maximum absolute atomic E-state index is 11.2. The van der Waals surface area contributed by atoms with Crippen molar-refractivity contribution < 1.29 is 13.2 Å². The first-order chi connectivity index (χ1) is 9.40. The van der Waals surface area contributed by atoms with Crippen molar-refractivity contribution >= 4 is 15.8 Å². The number of aliphatic imine (C=N–C) groups is 1. The summed E-state index contributed by atoms with van der Waals surface area (Å²) in [7, 11) is -2.91. The monoisotopic (exact) mass is 305 g/mol. The Balaban J connectivity index is 2.41. The van der Waals surface area contributed by atoms with Gasteiger partial charge in [0.05, 0.1) is 18.4 Å². The first kappa shape index (κ1) is 17.2. The van der Waals surface area contributed by atoms with Gasteiger partial charge in [0.2, 0.25) is 0 Å². The third-order valence-electron chi connectivity index (χ3n) is 3.13. The molecular weight excluding hydrogens is 278 g/mol. The van der Waals surface area contributed by atoms with Crippen LogP contribution < -0.4 is 10.6 Å². The Morgan fingerprint density at radius 1 is 1.50 bits per heavy atom. The molecule has 2 atom stereocenters. The second-order valence-electron chi connectivity index (χ2n) is 5.32. The summed E-state index contributed by atoms with van der Waals surface area (Å²) in [4.78, 5) is 4.50. The van der Waals surface area contributed by atoms with Gasteiger partial charge in [0, 0.05) is 25.4 Å². The van der Waals surface area contributed by atoms with Crippen LogP contribution in [0.5, 0.6) is 0 Å². The van der Waals surface area contributed by atoms with Gasteiger partial charge in [-0.05, 0) is 33.1 Å². The van der Waals surface area contributed by atoms with Gasteiger partial charge in [0.1, 0.15) is 9.84 Å². The average Bonchev–Trinajstić information content (AvgIpc) is 2.86. The highest BCUT2D eigenvalue weighted by Crippen LogP contribution is 2.11. The van der Waals surface area contributed by atoms with Gasteiger partial charge < -0.3 is 15.4 Å². The lowest BCUT2D eigenvalue weighted by atomic mass is 10.2. The molecule has 6 nitrogen and oxygen atoms in total. The van der Waals surface area contributed by atoms with Crippen molar-refractivity contribution in [1.82, 2.24) is 10.6 Å². The van der Waals surface area contributed by atoms with Crippen molar-refractivity contribution in [3.8, 4) is 0 Å². The fourth-order valence-electron chi connectivity index (χ4n) is 2.00. The molecule has 0 aromatic heterocycles. The highest BCUT2D eigenvalue weighted by Gasteiger charge is 2.15. The van der Waals surface area contributed by atoms with E-state index in [1.807, 2.05) is 13.8 Å². The quantitative estimate of drug-likeness (QED) is 0.530. The molecule has 1 saturated heterocycles. The summed E-state index contributed by atoms with van der Waals surface area (Å²) < 4.78 is 27.9. The van der Waals surface area contributed by atoms with Crippen molar-refractivity contribution in [2.45, 2.75) is 45.3 Å². The summed E-state index contributed by atoms with van der Waals surface area (Å²) >= 11 is 0. The average molecular weight is 305 g/mol. The van der Waals surface area contributed by atoms with Crippen LogP contribution in [-0.2, 0) is 14.6 Å². The molecule has 0 aliphatic carbocycles. The molecule has 118 valence electrons. The molecule has 0 saturated carbocycles. The molecule has 1 heterocycles. The Morgan fingerprint density at radius 3 is 2.80 bits per heavy atom.